The van der Waals surface area contributed by atoms with E-state index >= 15 is 0 Å². The first-order valence-corrected chi connectivity index (χ1v) is 3.09. The molecule has 0 bridgehead atoms. The molecule has 0 heterocycles. The predicted octanol–water partition coefficient (Wildman–Crippen LogP) is 2.38. The molecule has 0 radical (unpaired) electrons. The van der Waals surface area contributed by atoms with Crippen molar-refractivity contribution in [3.05, 3.63) is 28.8 Å². The van der Waals surface area contributed by atoms with Crippen molar-refractivity contribution >= 4 is 17.3 Å². The summed E-state index contributed by atoms with van der Waals surface area (Å²) in [5.41, 5.74) is 7.25. The van der Waals surface area contributed by atoms with E-state index in [9.17, 15) is 0 Å². The Balaban J connectivity index is 0.000000810. The molecular weight excluding hydrogens is 153 g/mol. The Bertz CT molecular complexity index is 225. The van der Waals surface area contributed by atoms with Crippen molar-refractivity contribution < 1.29 is 4.70 Å². The predicted molar refractivity (Wildman–Crippen MR) is 43.1 cm³/mol. The summed E-state index contributed by atoms with van der Waals surface area (Å²) >= 11 is 5.73. The molecule has 0 atom stereocenters. The number of aryl methyl sites for hydroxylation is 1. The Kier molecular flexibility index (Phi) is 3.16. The third-order valence-corrected chi connectivity index (χ3v) is 1.61. The zero-order valence-electron chi connectivity index (χ0n) is 5.60. The van der Waals surface area contributed by atoms with Gasteiger partial charge >= 0.3 is 0 Å². The van der Waals surface area contributed by atoms with Gasteiger partial charge in [-0.25, -0.2) is 0 Å². The SMILES string of the molecule is Cc1cc(N)ccc1Cl.F. The van der Waals surface area contributed by atoms with Crippen molar-refractivity contribution in [1.82, 2.24) is 0 Å². The van der Waals surface area contributed by atoms with Crippen LogP contribution in [0.2, 0.25) is 5.02 Å². The number of hydrogen-bond donors (Lipinski definition) is 1. The summed E-state index contributed by atoms with van der Waals surface area (Å²) < 4.78 is 0. The molecule has 56 valence electrons. The van der Waals surface area contributed by atoms with Gasteiger partial charge in [-0.3, -0.25) is 4.70 Å². The fourth-order valence-corrected chi connectivity index (χ4v) is 0.785. The van der Waals surface area contributed by atoms with Gasteiger partial charge in [-0.1, -0.05) is 11.6 Å². The number of halogens is 2. The monoisotopic (exact) mass is 161 g/mol. The largest absolute Gasteiger partial charge is 0.399 e. The van der Waals surface area contributed by atoms with Crippen LogP contribution in [0.4, 0.5) is 10.4 Å². The van der Waals surface area contributed by atoms with Crippen molar-refractivity contribution in [2.75, 3.05) is 5.73 Å². The third kappa shape index (κ3) is 1.88. The number of benzene rings is 1. The molecule has 1 rings (SSSR count). The number of hydrogen-bond acceptors (Lipinski definition) is 1. The summed E-state index contributed by atoms with van der Waals surface area (Å²) in [6.07, 6.45) is 0. The van der Waals surface area contributed by atoms with Gasteiger partial charge in [0.15, 0.2) is 0 Å². The quantitative estimate of drug-likeness (QED) is 0.581. The zero-order chi connectivity index (χ0) is 6.85. The van der Waals surface area contributed by atoms with E-state index in [1.54, 1.807) is 12.1 Å². The van der Waals surface area contributed by atoms with E-state index in [1.807, 2.05) is 13.0 Å². The van der Waals surface area contributed by atoms with Crippen LogP contribution in [0.3, 0.4) is 0 Å². The average Bonchev–Trinajstić information content (AvgIpc) is 1.80. The van der Waals surface area contributed by atoms with Gasteiger partial charge in [0.25, 0.3) is 0 Å². The zero-order valence-corrected chi connectivity index (χ0v) is 6.35. The van der Waals surface area contributed by atoms with Crippen LogP contribution in [0, 0.1) is 6.92 Å². The Morgan fingerprint density at radius 2 is 2.00 bits per heavy atom. The molecule has 0 saturated carbocycles. The minimum Gasteiger partial charge on any atom is -0.399 e. The fraction of sp³-hybridized carbons (Fsp3) is 0.143. The molecule has 3 heteroatoms. The standard InChI is InChI=1S/C7H8ClN.FH/c1-5-4-6(9)2-3-7(5)8;/h2-4H,9H2,1H3;1H. The number of anilines is 1. The van der Waals surface area contributed by atoms with Crippen LogP contribution in [-0.4, -0.2) is 0 Å². The van der Waals surface area contributed by atoms with Crippen LogP contribution >= 0.6 is 11.6 Å². The summed E-state index contributed by atoms with van der Waals surface area (Å²) in [6, 6.07) is 5.43. The third-order valence-electron chi connectivity index (χ3n) is 1.18. The smallest absolute Gasteiger partial charge is 0.0436 e. The lowest BCUT2D eigenvalue weighted by atomic mass is 10.2. The molecule has 1 aromatic carbocycles. The van der Waals surface area contributed by atoms with Crippen LogP contribution in [0.5, 0.6) is 0 Å². The van der Waals surface area contributed by atoms with Crippen molar-refractivity contribution in [3.63, 3.8) is 0 Å². The van der Waals surface area contributed by atoms with Gasteiger partial charge in [-0.05, 0) is 30.7 Å². The van der Waals surface area contributed by atoms with Crippen LogP contribution in [-0.2, 0) is 0 Å². The van der Waals surface area contributed by atoms with Gasteiger partial charge in [0.2, 0.25) is 0 Å². The molecule has 0 aromatic heterocycles. The lowest BCUT2D eigenvalue weighted by molar-refractivity contribution is 1.11. The van der Waals surface area contributed by atoms with Crippen molar-refractivity contribution in [2.45, 2.75) is 6.92 Å². The first-order chi connectivity index (χ1) is 4.20. The molecule has 0 aliphatic carbocycles. The van der Waals surface area contributed by atoms with Crippen LogP contribution < -0.4 is 5.73 Å². The highest BCUT2D eigenvalue weighted by atomic mass is 35.5. The second-order valence-corrected chi connectivity index (χ2v) is 2.42. The number of nitrogens with two attached hydrogens (primary N) is 1. The Labute approximate surface area is 64.2 Å². The van der Waals surface area contributed by atoms with Gasteiger partial charge in [0, 0.05) is 10.7 Å². The first-order valence-electron chi connectivity index (χ1n) is 2.72. The van der Waals surface area contributed by atoms with Gasteiger partial charge in [-0.15, -0.1) is 0 Å². The van der Waals surface area contributed by atoms with Gasteiger partial charge in [0.05, 0.1) is 0 Å². The topological polar surface area (TPSA) is 26.0 Å². The maximum Gasteiger partial charge on any atom is 0.0436 e. The number of nitrogen functional groups attached to an aromatic ring is 1. The molecule has 0 aliphatic rings. The molecular formula is C7H9ClFN. The van der Waals surface area contributed by atoms with E-state index < -0.39 is 0 Å². The molecule has 0 unspecified atom stereocenters. The van der Waals surface area contributed by atoms with Crippen LogP contribution in [0.1, 0.15) is 5.56 Å². The van der Waals surface area contributed by atoms with E-state index in [0.29, 0.717) is 0 Å². The normalized spacial score (nSPS) is 8.60. The van der Waals surface area contributed by atoms with Gasteiger partial charge in [-0.2, -0.15) is 0 Å². The van der Waals surface area contributed by atoms with Crippen molar-refractivity contribution in [2.24, 2.45) is 0 Å². The van der Waals surface area contributed by atoms with Crippen molar-refractivity contribution in [1.29, 1.82) is 0 Å². The maximum atomic E-state index is 5.73. The highest BCUT2D eigenvalue weighted by molar-refractivity contribution is 6.31. The summed E-state index contributed by atoms with van der Waals surface area (Å²) in [5.74, 6) is 0. The van der Waals surface area contributed by atoms with E-state index in [1.165, 1.54) is 0 Å². The molecule has 10 heavy (non-hydrogen) atoms. The van der Waals surface area contributed by atoms with Crippen LogP contribution in [0.25, 0.3) is 0 Å². The van der Waals surface area contributed by atoms with E-state index in [2.05, 4.69) is 0 Å². The molecule has 0 fully saturated rings. The lowest BCUT2D eigenvalue weighted by Gasteiger charge is -1.96. The summed E-state index contributed by atoms with van der Waals surface area (Å²) in [4.78, 5) is 0. The molecule has 0 amide bonds. The average molecular weight is 162 g/mol. The molecule has 0 saturated heterocycles. The van der Waals surface area contributed by atoms with Crippen LogP contribution in [0.15, 0.2) is 18.2 Å². The minimum atomic E-state index is 0. The number of rotatable bonds is 0. The highest BCUT2D eigenvalue weighted by Gasteiger charge is 1.91. The summed E-state index contributed by atoms with van der Waals surface area (Å²) in [5, 5.41) is 0.768. The Morgan fingerprint density at radius 3 is 2.40 bits per heavy atom. The van der Waals surface area contributed by atoms with Gasteiger partial charge in [0.1, 0.15) is 0 Å². The minimum absolute atomic E-state index is 0. The summed E-state index contributed by atoms with van der Waals surface area (Å²) in [7, 11) is 0. The summed E-state index contributed by atoms with van der Waals surface area (Å²) in [6.45, 7) is 1.93. The fourth-order valence-electron chi connectivity index (χ4n) is 0.668. The Hall–Kier alpha value is -0.760. The van der Waals surface area contributed by atoms with Crippen molar-refractivity contribution in [3.8, 4) is 0 Å². The van der Waals surface area contributed by atoms with E-state index in [0.717, 1.165) is 16.3 Å². The Morgan fingerprint density at radius 1 is 1.40 bits per heavy atom. The van der Waals surface area contributed by atoms with E-state index in [4.69, 9.17) is 17.3 Å². The molecule has 1 aromatic rings. The second kappa shape index (κ2) is 3.42. The van der Waals surface area contributed by atoms with Gasteiger partial charge < -0.3 is 5.73 Å². The molecule has 1 nitrogen and oxygen atoms in total. The first kappa shape index (κ1) is 9.24. The molecule has 2 N–H and O–H groups in total. The highest BCUT2D eigenvalue weighted by Crippen LogP contribution is 2.16. The molecule has 0 spiro atoms. The van der Waals surface area contributed by atoms with E-state index in [-0.39, 0.29) is 4.70 Å². The second-order valence-electron chi connectivity index (χ2n) is 2.01. The lowest BCUT2D eigenvalue weighted by Crippen LogP contribution is -1.84. The molecule has 0 aliphatic heterocycles. The maximum absolute atomic E-state index is 5.73.